The molecule has 1 aromatic carbocycles. The number of rotatable bonds is 3. The fraction of sp³-hybridized carbons (Fsp3) is 0.474. The van der Waals surface area contributed by atoms with E-state index in [9.17, 15) is 4.79 Å². The summed E-state index contributed by atoms with van der Waals surface area (Å²) in [5.74, 6) is 0.742. The van der Waals surface area contributed by atoms with Crippen LogP contribution in [-0.4, -0.2) is 21.7 Å². The monoisotopic (exact) mass is 311 g/mol. The van der Waals surface area contributed by atoms with Crippen molar-refractivity contribution < 1.29 is 4.79 Å². The van der Waals surface area contributed by atoms with E-state index in [2.05, 4.69) is 17.3 Å². The zero-order chi connectivity index (χ0) is 16.4. The molecule has 0 spiro atoms. The summed E-state index contributed by atoms with van der Waals surface area (Å²) in [6.45, 7) is 6.28. The van der Waals surface area contributed by atoms with Crippen LogP contribution >= 0.6 is 0 Å². The zero-order valence-corrected chi connectivity index (χ0v) is 14.2. The van der Waals surface area contributed by atoms with Gasteiger partial charge in [-0.25, -0.2) is 4.68 Å². The molecule has 1 saturated carbocycles. The highest BCUT2D eigenvalue weighted by molar-refractivity contribution is 5.94. The highest BCUT2D eigenvalue weighted by atomic mass is 16.1. The average molecular weight is 311 g/mol. The van der Waals surface area contributed by atoms with Gasteiger partial charge >= 0.3 is 0 Å². The van der Waals surface area contributed by atoms with Crippen LogP contribution in [-0.2, 0) is 0 Å². The minimum Gasteiger partial charge on any atom is -0.349 e. The Bertz CT molecular complexity index is 687. The average Bonchev–Trinajstić information content (AvgIpc) is 2.86. The largest absolute Gasteiger partial charge is 0.349 e. The smallest absolute Gasteiger partial charge is 0.251 e. The van der Waals surface area contributed by atoms with Gasteiger partial charge in [0.1, 0.15) is 0 Å². The molecule has 1 fully saturated rings. The summed E-state index contributed by atoms with van der Waals surface area (Å²) in [7, 11) is 0. The molecule has 122 valence electrons. The Hall–Kier alpha value is -2.10. The molecule has 2 atom stereocenters. The molecular formula is C19H25N3O. The number of amides is 1. The van der Waals surface area contributed by atoms with E-state index in [-0.39, 0.29) is 5.91 Å². The molecule has 1 N–H and O–H groups in total. The number of carbonyl (C=O) groups excluding carboxylic acids is 1. The fourth-order valence-corrected chi connectivity index (χ4v) is 3.48. The van der Waals surface area contributed by atoms with Crippen molar-refractivity contribution in [2.75, 3.05) is 0 Å². The number of aryl methyl sites for hydroxylation is 2. The third kappa shape index (κ3) is 3.63. The molecule has 0 radical (unpaired) electrons. The summed E-state index contributed by atoms with van der Waals surface area (Å²) in [5.41, 5.74) is 3.79. The number of hydrogen-bond donors (Lipinski definition) is 1. The summed E-state index contributed by atoms with van der Waals surface area (Å²) >= 11 is 0. The zero-order valence-electron chi connectivity index (χ0n) is 14.2. The number of benzene rings is 1. The van der Waals surface area contributed by atoms with E-state index in [0.717, 1.165) is 29.9 Å². The standard InChI is InChI=1S/C19H25N3O/c1-13-5-4-6-17(11-13)20-19(23)16-7-9-18(10-8-16)22-15(3)12-14(2)21-22/h7-10,12-13,17H,4-6,11H2,1-3H3,(H,20,23). The summed E-state index contributed by atoms with van der Waals surface area (Å²) < 4.78 is 1.90. The lowest BCUT2D eigenvalue weighted by Crippen LogP contribution is -2.37. The van der Waals surface area contributed by atoms with Crippen molar-refractivity contribution in [3.05, 3.63) is 47.3 Å². The van der Waals surface area contributed by atoms with E-state index in [1.165, 1.54) is 12.8 Å². The van der Waals surface area contributed by atoms with Gasteiger partial charge in [0.05, 0.1) is 11.4 Å². The fourth-order valence-electron chi connectivity index (χ4n) is 3.48. The predicted octanol–water partition coefficient (Wildman–Crippen LogP) is 3.80. The van der Waals surface area contributed by atoms with Crippen molar-refractivity contribution in [2.45, 2.75) is 52.5 Å². The minimum atomic E-state index is 0.0315. The third-order valence-electron chi connectivity index (χ3n) is 4.66. The van der Waals surface area contributed by atoms with E-state index in [1.807, 2.05) is 48.9 Å². The van der Waals surface area contributed by atoms with Crippen LogP contribution in [0.3, 0.4) is 0 Å². The molecule has 1 aromatic heterocycles. The van der Waals surface area contributed by atoms with Gasteiger partial charge in [0.15, 0.2) is 0 Å². The minimum absolute atomic E-state index is 0.0315. The SMILES string of the molecule is Cc1cc(C)n(-c2ccc(C(=O)NC3CCCC(C)C3)cc2)n1. The van der Waals surface area contributed by atoms with Gasteiger partial charge in [0.2, 0.25) is 0 Å². The van der Waals surface area contributed by atoms with Gasteiger partial charge in [-0.1, -0.05) is 19.8 Å². The van der Waals surface area contributed by atoms with Crippen LogP contribution in [0.25, 0.3) is 5.69 Å². The second-order valence-electron chi connectivity index (χ2n) is 6.83. The number of nitrogens with one attached hydrogen (secondary N) is 1. The van der Waals surface area contributed by atoms with Crippen LogP contribution in [0, 0.1) is 19.8 Å². The van der Waals surface area contributed by atoms with Crippen molar-refractivity contribution in [1.82, 2.24) is 15.1 Å². The number of carbonyl (C=O) groups is 1. The molecule has 1 aliphatic rings. The highest BCUT2D eigenvalue weighted by Crippen LogP contribution is 2.23. The van der Waals surface area contributed by atoms with E-state index in [1.54, 1.807) is 0 Å². The Kier molecular flexibility index (Phi) is 4.51. The summed E-state index contributed by atoms with van der Waals surface area (Å²) in [5, 5.41) is 7.65. The lowest BCUT2D eigenvalue weighted by Gasteiger charge is -2.27. The Balaban J connectivity index is 1.69. The van der Waals surface area contributed by atoms with Crippen LogP contribution in [0.4, 0.5) is 0 Å². The lowest BCUT2D eigenvalue weighted by atomic mass is 9.87. The van der Waals surface area contributed by atoms with Crippen LogP contribution in [0.2, 0.25) is 0 Å². The van der Waals surface area contributed by atoms with E-state index < -0.39 is 0 Å². The molecule has 4 nitrogen and oxygen atoms in total. The quantitative estimate of drug-likeness (QED) is 0.937. The molecular weight excluding hydrogens is 286 g/mol. The maximum Gasteiger partial charge on any atom is 0.251 e. The highest BCUT2D eigenvalue weighted by Gasteiger charge is 2.20. The van der Waals surface area contributed by atoms with E-state index >= 15 is 0 Å². The van der Waals surface area contributed by atoms with Crippen molar-refractivity contribution in [1.29, 1.82) is 0 Å². The Labute approximate surface area is 137 Å². The van der Waals surface area contributed by atoms with Gasteiger partial charge in [0.25, 0.3) is 5.91 Å². The number of hydrogen-bond acceptors (Lipinski definition) is 2. The molecule has 23 heavy (non-hydrogen) atoms. The second kappa shape index (κ2) is 6.57. The van der Waals surface area contributed by atoms with Crippen molar-refractivity contribution in [2.24, 2.45) is 5.92 Å². The normalized spacial score (nSPS) is 21.2. The molecule has 0 saturated heterocycles. The molecule has 0 bridgehead atoms. The number of nitrogens with zero attached hydrogens (tertiary/aromatic N) is 2. The summed E-state index contributed by atoms with van der Waals surface area (Å²) in [6, 6.07) is 10.0. The molecule has 4 heteroatoms. The van der Waals surface area contributed by atoms with Crippen LogP contribution in [0.15, 0.2) is 30.3 Å². The first-order chi connectivity index (χ1) is 11.0. The van der Waals surface area contributed by atoms with Crippen molar-refractivity contribution in [3.8, 4) is 5.69 Å². The molecule has 3 rings (SSSR count). The maximum absolute atomic E-state index is 12.4. The molecule has 1 aliphatic carbocycles. The first-order valence-corrected chi connectivity index (χ1v) is 8.47. The Morgan fingerprint density at radius 3 is 2.57 bits per heavy atom. The Morgan fingerprint density at radius 2 is 1.96 bits per heavy atom. The van der Waals surface area contributed by atoms with E-state index in [0.29, 0.717) is 17.5 Å². The predicted molar refractivity (Wildman–Crippen MR) is 91.9 cm³/mol. The van der Waals surface area contributed by atoms with Crippen LogP contribution in [0.5, 0.6) is 0 Å². The summed E-state index contributed by atoms with van der Waals surface area (Å²) in [4.78, 5) is 12.4. The van der Waals surface area contributed by atoms with Crippen molar-refractivity contribution in [3.63, 3.8) is 0 Å². The third-order valence-corrected chi connectivity index (χ3v) is 4.66. The van der Waals surface area contributed by atoms with Gasteiger partial charge in [-0.3, -0.25) is 4.79 Å². The van der Waals surface area contributed by atoms with Crippen molar-refractivity contribution >= 4 is 5.91 Å². The number of aromatic nitrogens is 2. The molecule has 1 amide bonds. The molecule has 2 unspecified atom stereocenters. The van der Waals surface area contributed by atoms with Crippen LogP contribution in [0.1, 0.15) is 54.4 Å². The molecule has 0 aliphatic heterocycles. The van der Waals surface area contributed by atoms with Crippen LogP contribution < -0.4 is 5.32 Å². The molecule has 2 aromatic rings. The maximum atomic E-state index is 12.4. The summed E-state index contributed by atoms with van der Waals surface area (Å²) in [6.07, 6.45) is 4.68. The topological polar surface area (TPSA) is 46.9 Å². The molecule has 1 heterocycles. The van der Waals surface area contributed by atoms with Gasteiger partial charge in [-0.05, 0) is 62.9 Å². The Morgan fingerprint density at radius 1 is 1.22 bits per heavy atom. The lowest BCUT2D eigenvalue weighted by molar-refractivity contribution is 0.0921. The second-order valence-corrected chi connectivity index (χ2v) is 6.83. The first kappa shape index (κ1) is 15.8. The van der Waals surface area contributed by atoms with E-state index in [4.69, 9.17) is 0 Å². The van der Waals surface area contributed by atoms with Gasteiger partial charge in [-0.2, -0.15) is 5.10 Å². The first-order valence-electron chi connectivity index (χ1n) is 8.47. The van der Waals surface area contributed by atoms with Gasteiger partial charge in [0, 0.05) is 17.3 Å². The van der Waals surface area contributed by atoms with Gasteiger partial charge < -0.3 is 5.32 Å². The van der Waals surface area contributed by atoms with Gasteiger partial charge in [-0.15, -0.1) is 0 Å².